The van der Waals surface area contributed by atoms with Crippen LogP contribution >= 0.6 is 11.6 Å². The van der Waals surface area contributed by atoms with Gasteiger partial charge in [0.25, 0.3) is 5.24 Å². The fourth-order valence-corrected chi connectivity index (χ4v) is 3.45. The first kappa shape index (κ1) is 19.0. The van der Waals surface area contributed by atoms with Crippen LogP contribution in [0.4, 0.5) is 0 Å². The number of benzene rings is 2. The number of carbonyl (C=O) groups is 2. The van der Waals surface area contributed by atoms with E-state index in [1.165, 1.54) is 33.5 Å². The number of fused-ring (bicyclic) bond motifs is 2. The zero-order chi connectivity index (χ0) is 20.7. The third kappa shape index (κ3) is 2.85. The van der Waals surface area contributed by atoms with Crippen LogP contribution in [0.15, 0.2) is 12.1 Å². The van der Waals surface area contributed by atoms with Crippen LogP contribution in [0.5, 0.6) is 34.5 Å². The number of hydrogen-bond acceptors (Lipinski definition) is 9. The Balaban J connectivity index is 2.14. The maximum absolute atomic E-state index is 12.6. The highest BCUT2D eigenvalue weighted by molar-refractivity contribution is 6.68. The molecule has 2 aliphatic heterocycles. The van der Waals surface area contributed by atoms with E-state index in [-0.39, 0.29) is 70.3 Å². The molecule has 0 saturated heterocycles. The lowest BCUT2D eigenvalue weighted by molar-refractivity contribution is 0.0600. The molecule has 0 unspecified atom stereocenters. The average molecular weight is 423 g/mol. The van der Waals surface area contributed by atoms with Gasteiger partial charge in [-0.05, 0) is 23.7 Å². The lowest BCUT2D eigenvalue weighted by atomic mass is 9.92. The number of esters is 1. The molecule has 0 saturated carbocycles. The largest absolute Gasteiger partial charge is 0.493 e. The van der Waals surface area contributed by atoms with Crippen LogP contribution < -0.4 is 28.4 Å². The number of ether oxygens (including phenoxy) is 7. The first-order valence-electron chi connectivity index (χ1n) is 8.31. The molecule has 0 fully saturated rings. The van der Waals surface area contributed by atoms with Gasteiger partial charge in [0.05, 0.1) is 26.9 Å². The summed E-state index contributed by atoms with van der Waals surface area (Å²) in [5.74, 6) is 0.742. The smallest absolute Gasteiger partial charge is 0.338 e. The van der Waals surface area contributed by atoms with Gasteiger partial charge in [0.1, 0.15) is 0 Å². The van der Waals surface area contributed by atoms with Crippen molar-refractivity contribution in [1.29, 1.82) is 0 Å². The Bertz CT molecular complexity index is 1030. The number of rotatable bonds is 5. The van der Waals surface area contributed by atoms with E-state index in [0.717, 1.165) is 0 Å². The molecule has 2 aliphatic rings. The second kappa shape index (κ2) is 7.25. The predicted octanol–water partition coefficient (Wildman–Crippen LogP) is 2.99. The van der Waals surface area contributed by atoms with Gasteiger partial charge in [-0.3, -0.25) is 4.79 Å². The van der Waals surface area contributed by atoms with Gasteiger partial charge in [0, 0.05) is 16.7 Å². The molecule has 0 aliphatic carbocycles. The summed E-state index contributed by atoms with van der Waals surface area (Å²) in [7, 11) is 4.07. The van der Waals surface area contributed by atoms with Gasteiger partial charge in [-0.25, -0.2) is 4.79 Å². The summed E-state index contributed by atoms with van der Waals surface area (Å²) in [6, 6.07) is 2.84. The summed E-state index contributed by atoms with van der Waals surface area (Å²) in [6.45, 7) is -0.217. The van der Waals surface area contributed by atoms with Crippen LogP contribution in [0.1, 0.15) is 20.7 Å². The Morgan fingerprint density at radius 3 is 1.69 bits per heavy atom. The van der Waals surface area contributed by atoms with Crippen molar-refractivity contribution < 1.29 is 42.7 Å². The molecule has 0 spiro atoms. The highest BCUT2D eigenvalue weighted by atomic mass is 35.5. The Morgan fingerprint density at radius 1 is 0.793 bits per heavy atom. The number of hydrogen-bond donors (Lipinski definition) is 0. The van der Waals surface area contributed by atoms with Crippen LogP contribution in [0.25, 0.3) is 11.1 Å². The molecule has 0 radical (unpaired) electrons. The molecule has 2 aromatic rings. The fourth-order valence-electron chi connectivity index (χ4n) is 3.30. The number of carbonyl (C=O) groups excluding carboxylic acids is 2. The third-order valence-corrected chi connectivity index (χ3v) is 4.73. The van der Waals surface area contributed by atoms with E-state index in [1.54, 1.807) is 0 Å². The third-order valence-electron chi connectivity index (χ3n) is 4.52. The van der Waals surface area contributed by atoms with E-state index in [0.29, 0.717) is 0 Å². The fraction of sp³-hybridized carbons (Fsp3) is 0.263. The van der Waals surface area contributed by atoms with Gasteiger partial charge in [-0.15, -0.1) is 0 Å². The van der Waals surface area contributed by atoms with E-state index in [4.69, 9.17) is 44.8 Å². The molecule has 0 N–H and O–H groups in total. The maximum atomic E-state index is 12.6. The molecule has 4 rings (SSSR count). The van der Waals surface area contributed by atoms with Crippen LogP contribution in [0.3, 0.4) is 0 Å². The minimum atomic E-state index is -0.795. The van der Waals surface area contributed by atoms with E-state index < -0.39 is 11.2 Å². The minimum absolute atomic E-state index is 0.0285. The molecule has 10 heteroatoms. The van der Waals surface area contributed by atoms with Crippen molar-refractivity contribution in [3.8, 4) is 45.6 Å². The molecule has 9 nitrogen and oxygen atoms in total. The first-order chi connectivity index (χ1) is 14.0. The highest BCUT2D eigenvalue weighted by Gasteiger charge is 2.37. The second-order valence-electron chi connectivity index (χ2n) is 5.90. The lowest BCUT2D eigenvalue weighted by Crippen LogP contribution is -2.08. The topological polar surface area (TPSA) is 98.8 Å². The average Bonchev–Trinajstić information content (AvgIpc) is 3.40. The standard InChI is InChI=1S/C19H15ClO9/c1-23-10-4-8(18(20)21)12(16-14(10)26-6-28-16)13-9(19(22)25-3)5-11(24-2)15-17(13)29-7-27-15/h4-5H,6-7H2,1-3H3. The van der Waals surface area contributed by atoms with Crippen LogP contribution in [0.2, 0.25) is 0 Å². The summed E-state index contributed by atoms with van der Waals surface area (Å²) in [4.78, 5) is 24.9. The monoisotopic (exact) mass is 422 g/mol. The van der Waals surface area contributed by atoms with Crippen molar-refractivity contribution in [2.24, 2.45) is 0 Å². The molecule has 0 bridgehead atoms. The van der Waals surface area contributed by atoms with Gasteiger partial charge in [-0.2, -0.15) is 0 Å². The number of halogens is 1. The molecule has 29 heavy (non-hydrogen) atoms. The molecule has 0 aromatic heterocycles. The van der Waals surface area contributed by atoms with Crippen molar-refractivity contribution in [2.45, 2.75) is 0 Å². The van der Waals surface area contributed by atoms with Gasteiger partial charge in [0.15, 0.2) is 23.0 Å². The van der Waals surface area contributed by atoms with Crippen molar-refractivity contribution in [3.05, 3.63) is 23.3 Å². The molecule has 2 heterocycles. The zero-order valence-corrected chi connectivity index (χ0v) is 16.4. The lowest BCUT2D eigenvalue weighted by Gasteiger charge is -2.18. The SMILES string of the molecule is COC(=O)c1cc(OC)c2c(c1-c1c(C(=O)Cl)cc(OC)c3c1OCO3)OCO2. The Hall–Kier alpha value is -3.33. The van der Waals surface area contributed by atoms with E-state index in [9.17, 15) is 9.59 Å². The first-order valence-corrected chi connectivity index (χ1v) is 8.69. The van der Waals surface area contributed by atoms with Crippen molar-refractivity contribution in [2.75, 3.05) is 34.9 Å². The Morgan fingerprint density at radius 2 is 1.24 bits per heavy atom. The molecule has 0 atom stereocenters. The Kier molecular flexibility index (Phi) is 4.75. The van der Waals surface area contributed by atoms with E-state index in [1.807, 2.05) is 0 Å². The van der Waals surface area contributed by atoms with E-state index in [2.05, 4.69) is 0 Å². The minimum Gasteiger partial charge on any atom is -0.493 e. The summed E-state index contributed by atoms with van der Waals surface area (Å²) in [5.41, 5.74) is 0.498. The zero-order valence-electron chi connectivity index (χ0n) is 15.6. The normalized spacial score (nSPS) is 13.2. The summed E-state index contributed by atoms with van der Waals surface area (Å²) >= 11 is 5.86. The van der Waals surface area contributed by atoms with Gasteiger partial charge in [0.2, 0.25) is 25.1 Å². The van der Waals surface area contributed by atoms with Crippen molar-refractivity contribution in [1.82, 2.24) is 0 Å². The van der Waals surface area contributed by atoms with Crippen molar-refractivity contribution >= 4 is 22.8 Å². The van der Waals surface area contributed by atoms with Crippen LogP contribution in [0, 0.1) is 0 Å². The van der Waals surface area contributed by atoms with Gasteiger partial charge >= 0.3 is 5.97 Å². The second-order valence-corrected chi connectivity index (χ2v) is 6.24. The highest BCUT2D eigenvalue weighted by Crippen LogP contribution is 2.56. The summed E-state index contributed by atoms with van der Waals surface area (Å²) in [5, 5.41) is -0.795. The molecular weight excluding hydrogens is 408 g/mol. The Labute approximate surface area is 169 Å². The number of methoxy groups -OCH3 is 3. The molecule has 2 aromatic carbocycles. The van der Waals surface area contributed by atoms with E-state index >= 15 is 0 Å². The van der Waals surface area contributed by atoms with Crippen LogP contribution in [-0.4, -0.2) is 46.1 Å². The molecule has 152 valence electrons. The molecular formula is C19H15ClO9. The predicted molar refractivity (Wildman–Crippen MR) is 98.8 cm³/mol. The summed E-state index contributed by atoms with van der Waals surface area (Å²) < 4.78 is 37.7. The quantitative estimate of drug-likeness (QED) is 0.531. The molecule has 0 amide bonds. The van der Waals surface area contributed by atoms with Crippen molar-refractivity contribution in [3.63, 3.8) is 0 Å². The maximum Gasteiger partial charge on any atom is 0.338 e. The summed E-state index contributed by atoms with van der Waals surface area (Å²) in [6.07, 6.45) is 0. The van der Waals surface area contributed by atoms with Gasteiger partial charge < -0.3 is 33.2 Å². The van der Waals surface area contributed by atoms with Crippen LogP contribution in [-0.2, 0) is 4.74 Å². The van der Waals surface area contributed by atoms with Gasteiger partial charge in [-0.1, -0.05) is 0 Å².